The number of hydrogen-bond acceptors (Lipinski definition) is 6. The first-order valence-corrected chi connectivity index (χ1v) is 11.8. The van der Waals surface area contributed by atoms with Crippen LogP contribution in [0.5, 0.6) is 17.2 Å². The summed E-state index contributed by atoms with van der Waals surface area (Å²) in [5, 5.41) is 21.6. The predicted octanol–water partition coefficient (Wildman–Crippen LogP) is 5.55. The van der Waals surface area contributed by atoms with Crippen LogP contribution < -0.4 is 14.4 Å². The number of amides is 1. The summed E-state index contributed by atoms with van der Waals surface area (Å²) in [6.07, 6.45) is 0. The number of ketones is 1. The summed E-state index contributed by atoms with van der Waals surface area (Å²) in [7, 11) is 1.47. The summed E-state index contributed by atoms with van der Waals surface area (Å²) < 4.78 is 10.9. The van der Waals surface area contributed by atoms with Gasteiger partial charge in [-0.1, -0.05) is 44.2 Å². The van der Waals surface area contributed by atoms with Crippen molar-refractivity contribution in [2.45, 2.75) is 32.7 Å². The van der Waals surface area contributed by atoms with Gasteiger partial charge in [0.1, 0.15) is 11.5 Å². The number of rotatable bonds is 7. The van der Waals surface area contributed by atoms with E-state index in [9.17, 15) is 19.8 Å². The van der Waals surface area contributed by atoms with Crippen molar-refractivity contribution in [2.75, 3.05) is 18.6 Å². The fraction of sp³-hybridized carbons (Fsp3) is 0.241. The van der Waals surface area contributed by atoms with Gasteiger partial charge in [-0.3, -0.25) is 14.5 Å². The van der Waals surface area contributed by atoms with Gasteiger partial charge in [-0.05, 0) is 60.4 Å². The van der Waals surface area contributed by atoms with Crippen LogP contribution in [0.25, 0.3) is 5.76 Å². The molecule has 3 aromatic rings. The minimum absolute atomic E-state index is 0.0661. The van der Waals surface area contributed by atoms with Gasteiger partial charge in [0, 0.05) is 5.69 Å². The molecule has 1 amide bonds. The van der Waals surface area contributed by atoms with E-state index in [1.807, 2.05) is 12.1 Å². The Kier molecular flexibility index (Phi) is 7.01. The molecule has 0 aliphatic carbocycles. The maximum atomic E-state index is 13.4. The average molecular weight is 488 g/mol. The number of ether oxygens (including phenoxy) is 2. The van der Waals surface area contributed by atoms with Crippen molar-refractivity contribution in [2.24, 2.45) is 0 Å². The Bertz CT molecular complexity index is 1330. The van der Waals surface area contributed by atoms with E-state index in [-0.39, 0.29) is 22.8 Å². The molecule has 2 N–H and O–H groups in total. The van der Waals surface area contributed by atoms with Crippen LogP contribution in [0, 0.1) is 0 Å². The van der Waals surface area contributed by atoms with Gasteiger partial charge < -0.3 is 19.7 Å². The molecule has 1 fully saturated rings. The van der Waals surface area contributed by atoms with E-state index in [1.165, 1.54) is 18.1 Å². The van der Waals surface area contributed by atoms with E-state index >= 15 is 0 Å². The summed E-state index contributed by atoms with van der Waals surface area (Å²) >= 11 is 0. The number of aliphatic hydroxyl groups excluding tert-OH is 1. The lowest BCUT2D eigenvalue weighted by Crippen LogP contribution is -2.29. The highest BCUT2D eigenvalue weighted by atomic mass is 16.5. The third-order valence-corrected chi connectivity index (χ3v) is 6.24. The first-order valence-electron chi connectivity index (χ1n) is 11.8. The lowest BCUT2D eigenvalue weighted by atomic mass is 9.94. The number of phenolic OH excluding ortho intramolecular Hbond substituents is 1. The van der Waals surface area contributed by atoms with Gasteiger partial charge in [0.15, 0.2) is 11.5 Å². The monoisotopic (exact) mass is 487 g/mol. The highest BCUT2D eigenvalue weighted by molar-refractivity contribution is 6.51. The second kappa shape index (κ2) is 10.2. The average Bonchev–Trinajstić information content (AvgIpc) is 3.15. The summed E-state index contributed by atoms with van der Waals surface area (Å²) in [5.74, 6) is -1.12. The van der Waals surface area contributed by atoms with Gasteiger partial charge >= 0.3 is 0 Å². The van der Waals surface area contributed by atoms with Crippen LogP contribution >= 0.6 is 0 Å². The van der Waals surface area contributed by atoms with Crippen LogP contribution in [0.4, 0.5) is 5.69 Å². The minimum Gasteiger partial charge on any atom is -0.507 e. The van der Waals surface area contributed by atoms with E-state index in [2.05, 4.69) is 13.8 Å². The number of carbonyl (C=O) groups excluding carboxylic acids is 2. The molecule has 1 aliphatic rings. The summed E-state index contributed by atoms with van der Waals surface area (Å²) in [4.78, 5) is 28.2. The molecule has 7 nitrogen and oxygen atoms in total. The molecule has 0 radical (unpaired) electrons. The molecule has 1 atom stereocenters. The lowest BCUT2D eigenvalue weighted by molar-refractivity contribution is -0.132. The summed E-state index contributed by atoms with van der Waals surface area (Å²) in [6.45, 7) is 6.24. The van der Waals surface area contributed by atoms with Gasteiger partial charge in [-0.2, -0.15) is 0 Å². The Morgan fingerprint density at radius 1 is 1.00 bits per heavy atom. The Labute approximate surface area is 210 Å². The first kappa shape index (κ1) is 24.9. The van der Waals surface area contributed by atoms with Gasteiger partial charge in [0.25, 0.3) is 11.7 Å². The van der Waals surface area contributed by atoms with Crippen molar-refractivity contribution < 1.29 is 29.3 Å². The van der Waals surface area contributed by atoms with Crippen LogP contribution in [0.2, 0.25) is 0 Å². The summed E-state index contributed by atoms with van der Waals surface area (Å²) in [5.41, 5.74) is 2.31. The van der Waals surface area contributed by atoms with Crippen LogP contribution in [-0.4, -0.2) is 35.6 Å². The standard InChI is InChI=1S/C29H29NO6/c1-5-36-24-16-19(12-15-22(24)31)26-25(27(32)21-8-6-7-9-23(21)35-4)28(33)29(34)30(26)20-13-10-18(11-14-20)17(2)3/h6-17,26,31-32H,5H2,1-4H3/b27-25-. The van der Waals surface area contributed by atoms with Crippen molar-refractivity contribution in [3.8, 4) is 17.2 Å². The molecule has 3 aromatic carbocycles. The zero-order valence-corrected chi connectivity index (χ0v) is 20.7. The molecule has 1 aliphatic heterocycles. The molecule has 36 heavy (non-hydrogen) atoms. The van der Waals surface area contributed by atoms with Crippen molar-refractivity contribution in [3.63, 3.8) is 0 Å². The Hall–Kier alpha value is -4.26. The number of benzene rings is 3. The van der Waals surface area contributed by atoms with E-state index in [1.54, 1.807) is 55.5 Å². The van der Waals surface area contributed by atoms with E-state index in [4.69, 9.17) is 9.47 Å². The maximum absolute atomic E-state index is 13.4. The molecule has 1 heterocycles. The SMILES string of the molecule is CCOc1cc(C2/C(=C(/O)c3ccccc3OC)C(=O)C(=O)N2c2ccc(C(C)C)cc2)ccc1O. The normalized spacial score (nSPS) is 17.0. The molecule has 4 rings (SSSR count). The number of nitrogens with zero attached hydrogens (tertiary/aromatic N) is 1. The molecule has 0 spiro atoms. The molecular formula is C29H29NO6. The lowest BCUT2D eigenvalue weighted by Gasteiger charge is -2.26. The van der Waals surface area contributed by atoms with Gasteiger partial charge in [-0.25, -0.2) is 0 Å². The molecule has 0 aromatic heterocycles. The van der Waals surface area contributed by atoms with Crippen molar-refractivity contribution in [3.05, 3.63) is 89.0 Å². The van der Waals surface area contributed by atoms with E-state index in [0.717, 1.165) is 5.56 Å². The number of phenols is 1. The number of aromatic hydroxyl groups is 1. The first-order chi connectivity index (χ1) is 17.3. The summed E-state index contributed by atoms with van der Waals surface area (Å²) in [6, 6.07) is 17.8. The second-order valence-corrected chi connectivity index (χ2v) is 8.78. The van der Waals surface area contributed by atoms with Crippen molar-refractivity contribution in [1.29, 1.82) is 0 Å². The van der Waals surface area contributed by atoms with Gasteiger partial charge in [0.2, 0.25) is 0 Å². The van der Waals surface area contributed by atoms with Crippen LogP contribution in [0.3, 0.4) is 0 Å². The van der Waals surface area contributed by atoms with E-state index in [0.29, 0.717) is 35.1 Å². The minimum atomic E-state index is -0.959. The zero-order valence-electron chi connectivity index (χ0n) is 20.7. The fourth-order valence-electron chi connectivity index (χ4n) is 4.39. The number of methoxy groups -OCH3 is 1. The van der Waals surface area contributed by atoms with Crippen LogP contribution in [-0.2, 0) is 9.59 Å². The number of Topliss-reactive ketones (excluding diaryl/α,β-unsaturated/α-hetero) is 1. The quantitative estimate of drug-likeness (QED) is 0.258. The van der Waals surface area contributed by atoms with Gasteiger partial charge in [-0.15, -0.1) is 0 Å². The van der Waals surface area contributed by atoms with Crippen LogP contribution in [0.1, 0.15) is 49.4 Å². The number of anilines is 1. The number of hydrogen-bond donors (Lipinski definition) is 2. The number of para-hydroxylation sites is 1. The smallest absolute Gasteiger partial charge is 0.300 e. The third-order valence-electron chi connectivity index (χ3n) is 6.24. The highest BCUT2D eigenvalue weighted by Crippen LogP contribution is 2.45. The molecular weight excluding hydrogens is 458 g/mol. The Balaban J connectivity index is 1.96. The Morgan fingerprint density at radius 2 is 1.69 bits per heavy atom. The molecule has 0 bridgehead atoms. The number of aliphatic hydroxyl groups is 1. The second-order valence-electron chi connectivity index (χ2n) is 8.78. The fourth-order valence-corrected chi connectivity index (χ4v) is 4.39. The zero-order chi connectivity index (χ0) is 26.0. The molecule has 1 unspecified atom stereocenters. The van der Waals surface area contributed by atoms with Crippen LogP contribution in [0.15, 0.2) is 72.3 Å². The van der Waals surface area contributed by atoms with E-state index < -0.39 is 17.7 Å². The predicted molar refractivity (Wildman–Crippen MR) is 138 cm³/mol. The Morgan fingerprint density at radius 3 is 2.33 bits per heavy atom. The number of carbonyl (C=O) groups is 2. The maximum Gasteiger partial charge on any atom is 0.300 e. The molecule has 7 heteroatoms. The highest BCUT2D eigenvalue weighted by Gasteiger charge is 2.47. The molecule has 0 saturated carbocycles. The van der Waals surface area contributed by atoms with Crippen molar-refractivity contribution in [1.82, 2.24) is 0 Å². The topological polar surface area (TPSA) is 96.3 Å². The molecule has 186 valence electrons. The van der Waals surface area contributed by atoms with Gasteiger partial charge in [0.05, 0.1) is 30.9 Å². The largest absolute Gasteiger partial charge is 0.507 e. The van der Waals surface area contributed by atoms with Crippen molar-refractivity contribution >= 4 is 23.1 Å². The third kappa shape index (κ3) is 4.40. The molecule has 1 saturated heterocycles.